The molecule has 1 aliphatic heterocycles. The van der Waals surface area contributed by atoms with Gasteiger partial charge in [0.15, 0.2) is 14.6 Å². The Morgan fingerprint density at radius 1 is 1.28 bits per heavy atom. The van der Waals surface area contributed by atoms with Crippen molar-refractivity contribution in [3.63, 3.8) is 0 Å². The Labute approximate surface area is 152 Å². The first kappa shape index (κ1) is 22.6. The minimum absolute atomic E-state index is 0.0402. The smallest absolute Gasteiger partial charge is 0.193 e. The van der Waals surface area contributed by atoms with Crippen molar-refractivity contribution >= 4 is 8.32 Å². The minimum Gasteiger partial charge on any atom is -0.401 e. The van der Waals surface area contributed by atoms with Gasteiger partial charge in [0.25, 0.3) is 0 Å². The number of hydrogen-bond acceptors (Lipinski definition) is 6. The van der Waals surface area contributed by atoms with E-state index in [2.05, 4.69) is 39.8 Å². The number of aliphatic hydroxyl groups excluding tert-OH is 3. The number of hydrogen-bond donors (Lipinski definition) is 3. The van der Waals surface area contributed by atoms with Gasteiger partial charge in [0, 0.05) is 6.42 Å². The van der Waals surface area contributed by atoms with Gasteiger partial charge < -0.3 is 29.2 Å². The zero-order valence-corrected chi connectivity index (χ0v) is 17.4. The van der Waals surface area contributed by atoms with Crippen molar-refractivity contribution in [2.45, 2.75) is 102 Å². The van der Waals surface area contributed by atoms with Gasteiger partial charge in [0.2, 0.25) is 0 Å². The summed E-state index contributed by atoms with van der Waals surface area (Å²) in [6.45, 7) is 13.7. The van der Waals surface area contributed by atoms with E-state index in [1.165, 1.54) is 0 Å². The van der Waals surface area contributed by atoms with Crippen molar-refractivity contribution in [3.05, 3.63) is 0 Å². The maximum Gasteiger partial charge on any atom is 0.193 e. The second kappa shape index (κ2) is 8.48. The first-order valence-electron chi connectivity index (χ1n) is 8.79. The van der Waals surface area contributed by atoms with E-state index in [-0.39, 0.29) is 11.5 Å². The van der Waals surface area contributed by atoms with Crippen LogP contribution in [-0.2, 0) is 13.9 Å². The number of terminal acetylenes is 1. The third-order valence-corrected chi connectivity index (χ3v) is 9.61. The summed E-state index contributed by atoms with van der Waals surface area (Å²) in [6, 6.07) is 0. The summed E-state index contributed by atoms with van der Waals surface area (Å²) in [4.78, 5) is 0. The molecule has 1 rings (SSSR count). The molecule has 7 heteroatoms. The topological polar surface area (TPSA) is 88.4 Å². The van der Waals surface area contributed by atoms with Crippen molar-refractivity contribution in [2.75, 3.05) is 0 Å². The van der Waals surface area contributed by atoms with Gasteiger partial charge in [-0.05, 0) is 32.0 Å². The van der Waals surface area contributed by atoms with Crippen LogP contribution in [0.5, 0.6) is 0 Å². The Balaban J connectivity index is 2.89. The molecule has 3 N–H and O–H groups in total. The predicted octanol–water partition coefficient (Wildman–Crippen LogP) is 1.63. The van der Waals surface area contributed by atoms with Gasteiger partial charge in [0.05, 0.1) is 18.3 Å². The van der Waals surface area contributed by atoms with E-state index >= 15 is 0 Å². The summed E-state index contributed by atoms with van der Waals surface area (Å²) in [5, 5.41) is 29.8. The highest BCUT2D eigenvalue weighted by atomic mass is 28.4. The Morgan fingerprint density at radius 3 is 2.24 bits per heavy atom. The SMILES string of the molecule is C#C[C@H](O[Si](C)(C)C(C)(C)C)[C@H](O[C@H]1C[C@H](O)[C@H](O)[C@H](C)O1)[C@H](C)O. The average molecular weight is 375 g/mol. The molecule has 0 aromatic heterocycles. The fourth-order valence-electron chi connectivity index (χ4n) is 2.42. The molecule has 25 heavy (non-hydrogen) atoms. The molecule has 1 heterocycles. The molecule has 1 aliphatic rings. The van der Waals surface area contributed by atoms with Gasteiger partial charge in [-0.25, -0.2) is 0 Å². The number of aliphatic hydroxyl groups is 3. The highest BCUT2D eigenvalue weighted by molar-refractivity contribution is 6.74. The molecule has 0 aliphatic carbocycles. The molecule has 6 nitrogen and oxygen atoms in total. The van der Waals surface area contributed by atoms with Gasteiger partial charge in [0.1, 0.15) is 18.3 Å². The third-order valence-electron chi connectivity index (χ3n) is 5.15. The van der Waals surface area contributed by atoms with E-state index in [0.717, 1.165) is 0 Å². The van der Waals surface area contributed by atoms with Crippen LogP contribution >= 0.6 is 0 Å². The van der Waals surface area contributed by atoms with Gasteiger partial charge in [-0.1, -0.05) is 26.7 Å². The quantitative estimate of drug-likeness (QED) is 0.484. The molecule has 0 bridgehead atoms. The standard InChI is InChI=1S/C18H34O6Si/c1-9-14(24-25(7,8)18(4,5)6)17(11(2)19)23-15-10-13(20)16(21)12(3)22-15/h1,11-17,19-21H,10H2,2-8H3/t11-,12-,13-,14-,15-,16+,17+/m0/s1. The van der Waals surface area contributed by atoms with Crippen LogP contribution in [0.4, 0.5) is 0 Å². The van der Waals surface area contributed by atoms with Gasteiger partial charge in [-0.15, -0.1) is 6.42 Å². The normalized spacial score (nSPS) is 31.9. The van der Waals surface area contributed by atoms with Crippen LogP contribution in [-0.4, -0.2) is 66.6 Å². The van der Waals surface area contributed by atoms with Crippen LogP contribution in [0.15, 0.2) is 0 Å². The summed E-state index contributed by atoms with van der Waals surface area (Å²) in [5.41, 5.74) is 0. The van der Waals surface area contributed by atoms with Gasteiger partial charge in [-0.2, -0.15) is 0 Å². The van der Waals surface area contributed by atoms with Crippen molar-refractivity contribution < 1.29 is 29.2 Å². The van der Waals surface area contributed by atoms with E-state index in [1.54, 1.807) is 13.8 Å². The first-order valence-corrected chi connectivity index (χ1v) is 11.7. The predicted molar refractivity (Wildman–Crippen MR) is 98.4 cm³/mol. The maximum atomic E-state index is 10.2. The zero-order chi connectivity index (χ0) is 19.6. The highest BCUT2D eigenvalue weighted by Gasteiger charge is 2.43. The Kier molecular flexibility index (Phi) is 7.66. The minimum atomic E-state index is -2.17. The molecular weight excluding hydrogens is 340 g/mol. The van der Waals surface area contributed by atoms with Crippen LogP contribution in [0.25, 0.3) is 0 Å². The fraction of sp³-hybridized carbons (Fsp3) is 0.889. The molecule has 0 unspecified atom stereocenters. The lowest BCUT2D eigenvalue weighted by molar-refractivity contribution is -0.273. The Bertz CT molecular complexity index is 455. The monoisotopic (exact) mass is 374 g/mol. The number of ether oxygens (including phenoxy) is 2. The lowest BCUT2D eigenvalue weighted by Crippen LogP contribution is -2.53. The molecule has 7 atom stereocenters. The van der Waals surface area contributed by atoms with E-state index in [0.29, 0.717) is 0 Å². The second-order valence-corrected chi connectivity index (χ2v) is 13.1. The Hall–Kier alpha value is -0.463. The third kappa shape index (κ3) is 5.76. The molecule has 0 spiro atoms. The molecule has 0 amide bonds. The average Bonchev–Trinajstić information content (AvgIpc) is 2.46. The summed E-state index contributed by atoms with van der Waals surface area (Å²) < 4.78 is 17.7. The molecule has 0 radical (unpaired) electrons. The van der Waals surface area contributed by atoms with Crippen molar-refractivity contribution in [1.82, 2.24) is 0 Å². The van der Waals surface area contributed by atoms with Crippen LogP contribution < -0.4 is 0 Å². The lowest BCUT2D eigenvalue weighted by atomic mass is 10.0. The van der Waals surface area contributed by atoms with Crippen LogP contribution in [0.3, 0.4) is 0 Å². The molecule has 146 valence electrons. The molecule has 1 saturated heterocycles. The van der Waals surface area contributed by atoms with Crippen molar-refractivity contribution in [3.8, 4) is 12.3 Å². The van der Waals surface area contributed by atoms with Crippen LogP contribution in [0, 0.1) is 12.3 Å². The van der Waals surface area contributed by atoms with E-state index in [4.69, 9.17) is 20.3 Å². The van der Waals surface area contributed by atoms with Gasteiger partial charge >= 0.3 is 0 Å². The van der Waals surface area contributed by atoms with E-state index < -0.39 is 51.2 Å². The number of rotatable bonds is 6. The molecule has 1 fully saturated rings. The maximum absolute atomic E-state index is 10.2. The van der Waals surface area contributed by atoms with Crippen LogP contribution in [0.2, 0.25) is 18.1 Å². The van der Waals surface area contributed by atoms with E-state index in [9.17, 15) is 15.3 Å². The van der Waals surface area contributed by atoms with Crippen LogP contribution in [0.1, 0.15) is 41.0 Å². The molecule has 0 aromatic rings. The van der Waals surface area contributed by atoms with Gasteiger partial charge in [-0.3, -0.25) is 0 Å². The zero-order valence-electron chi connectivity index (χ0n) is 16.4. The fourth-order valence-corrected chi connectivity index (χ4v) is 3.61. The Morgan fingerprint density at radius 2 is 1.84 bits per heavy atom. The lowest BCUT2D eigenvalue weighted by Gasteiger charge is -2.42. The summed E-state index contributed by atoms with van der Waals surface area (Å²) in [5.74, 6) is 2.59. The summed E-state index contributed by atoms with van der Waals surface area (Å²) >= 11 is 0. The largest absolute Gasteiger partial charge is 0.401 e. The summed E-state index contributed by atoms with van der Waals surface area (Å²) in [7, 11) is -2.17. The molecular formula is C18H34O6Si. The molecule has 0 aromatic carbocycles. The van der Waals surface area contributed by atoms with Crippen molar-refractivity contribution in [1.29, 1.82) is 0 Å². The summed E-state index contributed by atoms with van der Waals surface area (Å²) in [6.07, 6.45) is 0.109. The van der Waals surface area contributed by atoms with Crippen molar-refractivity contribution in [2.24, 2.45) is 0 Å². The van der Waals surface area contributed by atoms with E-state index in [1.807, 2.05) is 0 Å². The molecule has 0 saturated carbocycles. The second-order valence-electron chi connectivity index (χ2n) is 8.37. The first-order chi connectivity index (χ1) is 11.3. The highest BCUT2D eigenvalue weighted by Crippen LogP contribution is 2.38.